The van der Waals surface area contributed by atoms with Crippen LogP contribution in [0.5, 0.6) is 0 Å². The smallest absolute Gasteiger partial charge is 0.262 e. The zero-order chi connectivity index (χ0) is 19.9. The molecular weight excluding hydrogens is 412 g/mol. The molecule has 1 unspecified atom stereocenters. The molecule has 1 aliphatic heterocycles. The molecule has 0 radical (unpaired) electrons. The maximum Gasteiger partial charge on any atom is 0.262 e. The third-order valence-corrected chi connectivity index (χ3v) is 5.65. The highest BCUT2D eigenvalue weighted by molar-refractivity contribution is 9.10. The summed E-state index contributed by atoms with van der Waals surface area (Å²) >= 11 is 3.48. The number of rotatable bonds is 2. The summed E-state index contributed by atoms with van der Waals surface area (Å²) in [7, 11) is 0. The number of halogens is 1. The van der Waals surface area contributed by atoms with Crippen molar-refractivity contribution in [3.8, 4) is 0 Å². The van der Waals surface area contributed by atoms with Crippen molar-refractivity contribution in [3.63, 3.8) is 0 Å². The van der Waals surface area contributed by atoms with Crippen molar-refractivity contribution in [1.29, 1.82) is 0 Å². The van der Waals surface area contributed by atoms with Gasteiger partial charge >= 0.3 is 0 Å². The molecule has 1 heterocycles. The molecule has 0 spiro atoms. The molecule has 0 bridgehead atoms. The van der Waals surface area contributed by atoms with Crippen LogP contribution in [0.2, 0.25) is 0 Å². The van der Waals surface area contributed by atoms with E-state index in [1.165, 1.54) is 5.56 Å². The van der Waals surface area contributed by atoms with Crippen LogP contribution in [0, 0.1) is 0 Å². The van der Waals surface area contributed by atoms with E-state index in [-0.39, 0.29) is 17.5 Å². The second-order valence-electron chi connectivity index (χ2n) is 8.12. The number of carbonyl (C=O) groups excluding carboxylic acids is 1. The molecule has 0 aliphatic carbocycles. The molecule has 4 heteroatoms. The molecular formula is C24H23BrN2O. The van der Waals surface area contributed by atoms with Gasteiger partial charge < -0.3 is 5.32 Å². The number of hydrogen-bond acceptors (Lipinski definition) is 2. The predicted molar refractivity (Wildman–Crippen MR) is 119 cm³/mol. The zero-order valence-corrected chi connectivity index (χ0v) is 17.8. The molecule has 0 saturated heterocycles. The maximum atomic E-state index is 13.4. The SMILES string of the molecule is CC(C)(C)c1ccc(C2Nc3ccccc3C(=O)N2c2ccc(Br)cc2)cc1. The van der Waals surface area contributed by atoms with Gasteiger partial charge in [0.05, 0.1) is 5.56 Å². The Balaban J connectivity index is 1.80. The summed E-state index contributed by atoms with van der Waals surface area (Å²) in [4.78, 5) is 15.2. The van der Waals surface area contributed by atoms with E-state index in [1.807, 2.05) is 53.4 Å². The van der Waals surface area contributed by atoms with Crippen molar-refractivity contribution in [2.45, 2.75) is 32.4 Å². The highest BCUT2D eigenvalue weighted by Crippen LogP contribution is 2.37. The fraction of sp³-hybridized carbons (Fsp3) is 0.208. The Morgan fingerprint density at radius 2 is 1.54 bits per heavy atom. The molecule has 0 saturated carbocycles. The van der Waals surface area contributed by atoms with Crippen LogP contribution in [-0.2, 0) is 5.41 Å². The summed E-state index contributed by atoms with van der Waals surface area (Å²) in [6.45, 7) is 6.61. The normalized spacial score (nSPS) is 16.5. The molecule has 3 aromatic carbocycles. The molecule has 0 aromatic heterocycles. The van der Waals surface area contributed by atoms with Gasteiger partial charge in [0.2, 0.25) is 0 Å². The van der Waals surface area contributed by atoms with E-state index >= 15 is 0 Å². The zero-order valence-electron chi connectivity index (χ0n) is 16.2. The van der Waals surface area contributed by atoms with Gasteiger partial charge in [0, 0.05) is 15.8 Å². The predicted octanol–water partition coefficient (Wildman–Crippen LogP) is 6.52. The quantitative estimate of drug-likeness (QED) is 0.497. The average molecular weight is 435 g/mol. The first kappa shape index (κ1) is 18.8. The summed E-state index contributed by atoms with van der Waals surface area (Å²) in [5.41, 5.74) is 4.83. The van der Waals surface area contributed by atoms with Gasteiger partial charge in [-0.15, -0.1) is 0 Å². The Hall–Kier alpha value is -2.59. The van der Waals surface area contributed by atoms with Gasteiger partial charge in [0.1, 0.15) is 6.17 Å². The van der Waals surface area contributed by atoms with E-state index in [4.69, 9.17) is 0 Å². The molecule has 1 N–H and O–H groups in total. The van der Waals surface area contributed by atoms with Gasteiger partial charge in [-0.25, -0.2) is 0 Å². The van der Waals surface area contributed by atoms with Crippen molar-refractivity contribution in [1.82, 2.24) is 0 Å². The van der Waals surface area contributed by atoms with Gasteiger partial charge in [-0.2, -0.15) is 0 Å². The third kappa shape index (κ3) is 3.45. The fourth-order valence-electron chi connectivity index (χ4n) is 3.52. The molecule has 142 valence electrons. The van der Waals surface area contributed by atoms with E-state index in [0.29, 0.717) is 5.56 Å². The van der Waals surface area contributed by atoms with Crippen LogP contribution < -0.4 is 10.2 Å². The number of para-hydroxylation sites is 1. The highest BCUT2D eigenvalue weighted by Gasteiger charge is 2.34. The Labute approximate surface area is 174 Å². The number of carbonyl (C=O) groups is 1. The van der Waals surface area contributed by atoms with Gasteiger partial charge in [-0.1, -0.05) is 73.1 Å². The van der Waals surface area contributed by atoms with E-state index in [2.05, 4.69) is 66.3 Å². The summed E-state index contributed by atoms with van der Waals surface area (Å²) < 4.78 is 0.986. The van der Waals surface area contributed by atoms with Crippen molar-refractivity contribution >= 4 is 33.2 Å². The molecule has 4 rings (SSSR count). The Bertz CT molecular complexity index is 1000. The highest BCUT2D eigenvalue weighted by atomic mass is 79.9. The number of fused-ring (bicyclic) bond motifs is 1. The summed E-state index contributed by atoms with van der Waals surface area (Å²) in [6.07, 6.45) is -0.266. The van der Waals surface area contributed by atoms with Gasteiger partial charge in [-0.05, 0) is 52.9 Å². The van der Waals surface area contributed by atoms with Crippen molar-refractivity contribution < 1.29 is 4.79 Å². The van der Waals surface area contributed by atoms with Crippen LogP contribution in [0.1, 0.15) is 48.4 Å². The topological polar surface area (TPSA) is 32.3 Å². The molecule has 3 nitrogen and oxygen atoms in total. The lowest BCUT2D eigenvalue weighted by Crippen LogP contribution is -2.43. The van der Waals surface area contributed by atoms with Crippen LogP contribution >= 0.6 is 15.9 Å². The molecule has 1 amide bonds. The third-order valence-electron chi connectivity index (χ3n) is 5.12. The van der Waals surface area contributed by atoms with Crippen LogP contribution in [0.25, 0.3) is 0 Å². The molecule has 28 heavy (non-hydrogen) atoms. The minimum atomic E-state index is -0.266. The lowest BCUT2D eigenvalue weighted by Gasteiger charge is -2.38. The number of nitrogens with zero attached hydrogens (tertiary/aromatic N) is 1. The van der Waals surface area contributed by atoms with Crippen LogP contribution in [0.4, 0.5) is 11.4 Å². The van der Waals surface area contributed by atoms with Crippen LogP contribution in [0.15, 0.2) is 77.3 Å². The van der Waals surface area contributed by atoms with Crippen LogP contribution in [0.3, 0.4) is 0 Å². The first-order valence-corrected chi connectivity index (χ1v) is 10.2. The van der Waals surface area contributed by atoms with Gasteiger partial charge in [0.15, 0.2) is 0 Å². The van der Waals surface area contributed by atoms with Gasteiger partial charge in [0.25, 0.3) is 5.91 Å². The van der Waals surface area contributed by atoms with E-state index < -0.39 is 0 Å². The Morgan fingerprint density at radius 1 is 0.893 bits per heavy atom. The van der Waals surface area contributed by atoms with Crippen LogP contribution in [-0.4, -0.2) is 5.91 Å². The van der Waals surface area contributed by atoms with Gasteiger partial charge in [-0.3, -0.25) is 9.69 Å². The van der Waals surface area contributed by atoms with Crippen molar-refractivity contribution in [3.05, 3.63) is 94.0 Å². The Morgan fingerprint density at radius 3 is 2.18 bits per heavy atom. The average Bonchev–Trinajstić information content (AvgIpc) is 2.68. The Kier molecular flexibility index (Phi) is 4.76. The number of nitrogens with one attached hydrogen (secondary N) is 1. The second kappa shape index (κ2) is 7.10. The fourth-order valence-corrected chi connectivity index (χ4v) is 3.78. The second-order valence-corrected chi connectivity index (χ2v) is 9.03. The lowest BCUT2D eigenvalue weighted by molar-refractivity contribution is 0.0975. The minimum Gasteiger partial charge on any atom is -0.360 e. The van der Waals surface area contributed by atoms with E-state index in [9.17, 15) is 4.79 Å². The number of benzene rings is 3. The standard InChI is InChI=1S/C24H23BrN2O/c1-24(2,3)17-10-8-16(9-11-17)22-26-21-7-5-4-6-20(21)23(28)27(22)19-14-12-18(25)13-15-19/h4-15,22,26H,1-3H3. The molecule has 1 aliphatic rings. The number of amides is 1. The number of hydrogen-bond donors (Lipinski definition) is 1. The summed E-state index contributed by atoms with van der Waals surface area (Å²) in [6, 6.07) is 24.1. The number of anilines is 2. The minimum absolute atomic E-state index is 0.00145. The first-order valence-electron chi connectivity index (χ1n) is 9.40. The monoisotopic (exact) mass is 434 g/mol. The van der Waals surface area contributed by atoms with E-state index in [1.54, 1.807) is 0 Å². The maximum absolute atomic E-state index is 13.4. The largest absolute Gasteiger partial charge is 0.360 e. The van der Waals surface area contributed by atoms with E-state index in [0.717, 1.165) is 21.4 Å². The lowest BCUT2D eigenvalue weighted by atomic mass is 9.86. The summed E-state index contributed by atoms with van der Waals surface area (Å²) in [5, 5.41) is 3.56. The van der Waals surface area contributed by atoms with Crippen molar-refractivity contribution in [2.24, 2.45) is 0 Å². The summed E-state index contributed by atoms with van der Waals surface area (Å²) in [5.74, 6) is 0.00145. The van der Waals surface area contributed by atoms with Crippen molar-refractivity contribution in [2.75, 3.05) is 10.2 Å². The molecule has 0 fully saturated rings. The molecule has 1 atom stereocenters. The first-order chi connectivity index (χ1) is 13.3. The molecule has 3 aromatic rings.